The van der Waals surface area contributed by atoms with Crippen LogP contribution in [0.15, 0.2) is 30.3 Å². The van der Waals surface area contributed by atoms with Gasteiger partial charge in [-0.2, -0.15) is 5.26 Å². The molecule has 0 bridgehead atoms. The number of nitrogens with one attached hydrogen (secondary N) is 1. The molecule has 1 unspecified atom stereocenters. The lowest BCUT2D eigenvalue weighted by molar-refractivity contribution is -0.146. The molecule has 0 aliphatic rings. The van der Waals surface area contributed by atoms with Crippen LogP contribution in [0.3, 0.4) is 0 Å². The van der Waals surface area contributed by atoms with E-state index in [2.05, 4.69) is 10.1 Å². The molecule has 19 heavy (non-hydrogen) atoms. The molecule has 5 nitrogen and oxygen atoms in total. The largest absolute Gasteiger partial charge is 0.467 e. The van der Waals surface area contributed by atoms with Gasteiger partial charge in [0.15, 0.2) is 6.04 Å². The van der Waals surface area contributed by atoms with Crippen LogP contribution in [0.5, 0.6) is 0 Å². The summed E-state index contributed by atoms with van der Waals surface area (Å²) in [5, 5.41) is 11.5. The molecule has 1 atom stereocenters. The van der Waals surface area contributed by atoms with Crippen molar-refractivity contribution in [3.05, 3.63) is 35.9 Å². The second-order valence-electron chi connectivity index (χ2n) is 4.58. The van der Waals surface area contributed by atoms with Crippen molar-refractivity contribution in [2.45, 2.75) is 19.9 Å². The first-order valence-corrected chi connectivity index (χ1v) is 5.77. The number of rotatable bonds is 4. The molecule has 0 aliphatic carbocycles. The number of carbonyl (C=O) groups excluding carboxylic acids is 2. The Morgan fingerprint density at radius 3 is 2.37 bits per heavy atom. The molecule has 0 heterocycles. The van der Waals surface area contributed by atoms with E-state index in [-0.39, 0.29) is 0 Å². The van der Waals surface area contributed by atoms with Gasteiger partial charge >= 0.3 is 5.97 Å². The summed E-state index contributed by atoms with van der Waals surface area (Å²) in [5.74, 6) is -1.09. The summed E-state index contributed by atoms with van der Waals surface area (Å²) in [6.45, 7) is 2.98. The van der Waals surface area contributed by atoms with Crippen molar-refractivity contribution in [2.24, 2.45) is 5.41 Å². The van der Waals surface area contributed by atoms with Gasteiger partial charge in [0, 0.05) is 0 Å². The zero-order chi connectivity index (χ0) is 14.5. The Bertz CT molecular complexity index is 503. The summed E-state index contributed by atoms with van der Waals surface area (Å²) in [6.07, 6.45) is 0. The lowest BCUT2D eigenvalue weighted by Gasteiger charge is -2.21. The van der Waals surface area contributed by atoms with Gasteiger partial charge in [0.25, 0.3) is 0 Å². The van der Waals surface area contributed by atoms with Crippen LogP contribution < -0.4 is 5.32 Å². The summed E-state index contributed by atoms with van der Waals surface area (Å²) in [5.41, 5.74) is -0.599. The smallest absolute Gasteiger partial charge is 0.333 e. The Balaban J connectivity index is 2.99. The molecule has 1 aromatic rings. The molecule has 1 amide bonds. The minimum atomic E-state index is -1.21. The number of carbonyl (C=O) groups is 2. The minimum absolute atomic E-state index is 0.519. The lowest BCUT2D eigenvalue weighted by Crippen LogP contribution is -2.41. The summed E-state index contributed by atoms with van der Waals surface area (Å²) in [7, 11) is 1.25. The Morgan fingerprint density at radius 1 is 1.32 bits per heavy atom. The maximum Gasteiger partial charge on any atom is 0.333 e. The highest BCUT2D eigenvalue weighted by Gasteiger charge is 2.32. The minimum Gasteiger partial charge on any atom is -0.467 e. The van der Waals surface area contributed by atoms with E-state index in [1.165, 1.54) is 21.0 Å². The van der Waals surface area contributed by atoms with Crippen LogP contribution >= 0.6 is 0 Å². The first-order valence-electron chi connectivity index (χ1n) is 5.77. The normalized spacial score (nSPS) is 12.1. The monoisotopic (exact) mass is 260 g/mol. The second-order valence-corrected chi connectivity index (χ2v) is 4.58. The maximum absolute atomic E-state index is 12.0. The van der Waals surface area contributed by atoms with Crippen LogP contribution in [0.4, 0.5) is 0 Å². The van der Waals surface area contributed by atoms with Crippen molar-refractivity contribution in [3.63, 3.8) is 0 Å². The topological polar surface area (TPSA) is 79.2 Å². The third-order valence-corrected chi connectivity index (χ3v) is 2.69. The van der Waals surface area contributed by atoms with E-state index in [0.29, 0.717) is 5.56 Å². The fourth-order valence-electron chi connectivity index (χ4n) is 1.40. The molecule has 0 aromatic heterocycles. The molecule has 5 heteroatoms. The first kappa shape index (κ1) is 14.7. The van der Waals surface area contributed by atoms with Crippen LogP contribution in [0.2, 0.25) is 0 Å². The molecule has 1 aromatic carbocycles. The number of nitriles is 1. The van der Waals surface area contributed by atoms with Crippen molar-refractivity contribution in [2.75, 3.05) is 7.11 Å². The molecule has 1 N–H and O–H groups in total. The molecular weight excluding hydrogens is 244 g/mol. The first-order chi connectivity index (χ1) is 8.92. The molecular formula is C14H16N2O3. The average molecular weight is 260 g/mol. The van der Waals surface area contributed by atoms with Gasteiger partial charge in [0.1, 0.15) is 5.41 Å². The van der Waals surface area contributed by atoms with E-state index in [0.717, 1.165) is 0 Å². The zero-order valence-corrected chi connectivity index (χ0v) is 11.1. The maximum atomic E-state index is 12.0. The Labute approximate surface area is 112 Å². The van der Waals surface area contributed by atoms with E-state index >= 15 is 0 Å². The number of amides is 1. The highest BCUT2D eigenvalue weighted by atomic mass is 16.5. The van der Waals surface area contributed by atoms with Crippen molar-refractivity contribution < 1.29 is 14.3 Å². The molecule has 0 saturated carbocycles. The van der Waals surface area contributed by atoms with Gasteiger partial charge in [-0.05, 0) is 19.4 Å². The number of hydrogen-bond acceptors (Lipinski definition) is 4. The quantitative estimate of drug-likeness (QED) is 0.833. The predicted molar refractivity (Wildman–Crippen MR) is 68.7 cm³/mol. The van der Waals surface area contributed by atoms with Crippen LogP contribution in [0.1, 0.15) is 25.5 Å². The fraction of sp³-hybridized carbons (Fsp3) is 0.357. The second kappa shape index (κ2) is 6.01. The highest BCUT2D eigenvalue weighted by molar-refractivity contribution is 5.89. The highest BCUT2D eigenvalue weighted by Crippen LogP contribution is 2.19. The van der Waals surface area contributed by atoms with E-state index in [9.17, 15) is 9.59 Å². The van der Waals surface area contributed by atoms with E-state index in [1.54, 1.807) is 30.3 Å². The molecule has 0 saturated heterocycles. The zero-order valence-electron chi connectivity index (χ0n) is 11.1. The Kier molecular flexibility index (Phi) is 4.65. The molecule has 0 radical (unpaired) electrons. The Hall–Kier alpha value is -2.35. The molecule has 100 valence electrons. The number of benzene rings is 1. The molecule has 0 aliphatic heterocycles. The molecule has 1 rings (SSSR count). The van der Waals surface area contributed by atoms with E-state index in [4.69, 9.17) is 5.26 Å². The number of hydrogen-bond donors (Lipinski definition) is 1. The van der Waals surface area contributed by atoms with Crippen molar-refractivity contribution in [3.8, 4) is 6.07 Å². The van der Waals surface area contributed by atoms with Crippen molar-refractivity contribution in [1.82, 2.24) is 5.32 Å². The third-order valence-electron chi connectivity index (χ3n) is 2.69. The van der Waals surface area contributed by atoms with Crippen LogP contribution in [-0.2, 0) is 14.3 Å². The summed E-state index contributed by atoms with van der Waals surface area (Å²) in [6, 6.07) is 9.72. The number of nitrogens with zero attached hydrogens (tertiary/aromatic N) is 1. The van der Waals surface area contributed by atoms with E-state index < -0.39 is 23.3 Å². The Morgan fingerprint density at radius 2 is 1.89 bits per heavy atom. The fourth-order valence-corrected chi connectivity index (χ4v) is 1.40. The van der Waals surface area contributed by atoms with Crippen LogP contribution in [0.25, 0.3) is 0 Å². The number of ether oxygens (including phenoxy) is 1. The summed E-state index contributed by atoms with van der Waals surface area (Å²) < 4.78 is 4.68. The predicted octanol–water partition coefficient (Wildman–Crippen LogP) is 1.57. The van der Waals surface area contributed by atoms with Crippen LogP contribution in [0, 0.1) is 16.7 Å². The molecule has 0 fully saturated rings. The number of methoxy groups -OCH3 is 1. The van der Waals surface area contributed by atoms with E-state index in [1.807, 2.05) is 6.07 Å². The third kappa shape index (κ3) is 3.55. The standard InChI is InChI=1S/C14H16N2O3/c1-14(2,9-15)13(18)16-11(12(17)19-3)10-7-5-4-6-8-10/h4-8,11H,1-3H3,(H,16,18). The summed E-state index contributed by atoms with van der Waals surface area (Å²) in [4.78, 5) is 23.7. The van der Waals surface area contributed by atoms with Gasteiger partial charge in [0.05, 0.1) is 13.2 Å². The van der Waals surface area contributed by atoms with Crippen molar-refractivity contribution >= 4 is 11.9 Å². The average Bonchev–Trinajstić information content (AvgIpc) is 2.44. The van der Waals surface area contributed by atoms with Crippen LogP contribution in [-0.4, -0.2) is 19.0 Å². The van der Waals surface area contributed by atoms with Gasteiger partial charge in [-0.15, -0.1) is 0 Å². The van der Waals surface area contributed by atoms with Gasteiger partial charge in [-0.25, -0.2) is 4.79 Å². The SMILES string of the molecule is COC(=O)C(NC(=O)C(C)(C)C#N)c1ccccc1. The molecule has 0 spiro atoms. The lowest BCUT2D eigenvalue weighted by atomic mass is 9.93. The van der Waals surface area contributed by atoms with Gasteiger partial charge in [-0.3, -0.25) is 4.79 Å². The number of esters is 1. The van der Waals surface area contributed by atoms with Gasteiger partial charge < -0.3 is 10.1 Å². The van der Waals surface area contributed by atoms with Gasteiger partial charge in [-0.1, -0.05) is 30.3 Å². The summed E-state index contributed by atoms with van der Waals surface area (Å²) >= 11 is 0. The van der Waals surface area contributed by atoms with Gasteiger partial charge in [0.2, 0.25) is 5.91 Å². The van der Waals surface area contributed by atoms with Crippen molar-refractivity contribution in [1.29, 1.82) is 5.26 Å².